The molecule has 0 spiro atoms. The molecule has 1 aromatic heterocycles. The van der Waals surface area contributed by atoms with E-state index >= 15 is 0 Å². The first kappa shape index (κ1) is 16.6. The van der Waals surface area contributed by atoms with Crippen molar-refractivity contribution in [3.8, 4) is 0 Å². The van der Waals surface area contributed by atoms with E-state index < -0.39 is 12.1 Å². The smallest absolute Gasteiger partial charge is 0.328 e. The molecule has 0 bridgehead atoms. The average Bonchev–Trinajstić information content (AvgIpc) is 2.87. The monoisotopic (exact) mass is 319 g/mol. The molecule has 0 aromatic carbocycles. The van der Waals surface area contributed by atoms with E-state index in [1.54, 1.807) is 14.1 Å². The summed E-state index contributed by atoms with van der Waals surface area (Å²) in [5.74, 6) is -1.22. The summed E-state index contributed by atoms with van der Waals surface area (Å²) in [7, 11) is 3.26. The summed E-state index contributed by atoms with van der Waals surface area (Å²) < 4.78 is 40.6. The van der Waals surface area contributed by atoms with Crippen molar-refractivity contribution in [2.45, 2.75) is 44.9 Å². The summed E-state index contributed by atoms with van der Waals surface area (Å²) in [6.45, 7) is 2.99. The fourth-order valence-electron chi connectivity index (χ4n) is 2.57. The van der Waals surface area contributed by atoms with Gasteiger partial charge in [-0.15, -0.1) is 10.2 Å². The second kappa shape index (κ2) is 6.13. The molecular weight excluding hydrogens is 299 g/mol. The van der Waals surface area contributed by atoms with Crippen LogP contribution in [0.5, 0.6) is 0 Å². The number of amides is 2. The maximum Gasteiger partial charge on any atom is 0.398 e. The summed E-state index contributed by atoms with van der Waals surface area (Å²) >= 11 is 0. The van der Waals surface area contributed by atoms with Crippen molar-refractivity contribution in [2.75, 3.05) is 20.6 Å². The molecule has 2 heterocycles. The highest BCUT2D eigenvalue weighted by molar-refractivity contribution is 5.73. The Hall–Kier alpha value is -1.80. The average molecular weight is 319 g/mol. The van der Waals surface area contributed by atoms with Gasteiger partial charge in [0.15, 0.2) is 5.82 Å². The summed E-state index contributed by atoms with van der Waals surface area (Å²) in [5, 5.41) is 7.59. The number of carbonyl (C=O) groups is 1. The van der Waals surface area contributed by atoms with Gasteiger partial charge >= 0.3 is 12.2 Å². The van der Waals surface area contributed by atoms with E-state index in [9.17, 15) is 18.0 Å². The van der Waals surface area contributed by atoms with E-state index in [-0.39, 0.29) is 24.8 Å². The Kier molecular flexibility index (Phi) is 4.62. The second-order valence-electron chi connectivity index (χ2n) is 5.52. The summed E-state index contributed by atoms with van der Waals surface area (Å²) in [5.41, 5.74) is 0. The van der Waals surface area contributed by atoms with Crippen LogP contribution in [0.4, 0.5) is 18.0 Å². The Morgan fingerprint density at radius 3 is 2.59 bits per heavy atom. The van der Waals surface area contributed by atoms with Crippen molar-refractivity contribution in [2.24, 2.45) is 0 Å². The summed E-state index contributed by atoms with van der Waals surface area (Å²) in [6.07, 6.45) is -3.85. The molecule has 1 aliphatic rings. The Labute approximate surface area is 126 Å². The first-order valence-electron chi connectivity index (χ1n) is 7.20. The maximum atomic E-state index is 13.0. The zero-order chi connectivity index (χ0) is 16.5. The molecule has 0 fully saturated rings. The van der Waals surface area contributed by atoms with Crippen molar-refractivity contribution >= 4 is 6.03 Å². The predicted molar refractivity (Wildman–Crippen MR) is 73.2 cm³/mol. The van der Waals surface area contributed by atoms with E-state index in [2.05, 4.69) is 10.2 Å². The first-order chi connectivity index (χ1) is 10.3. The third kappa shape index (κ3) is 3.17. The van der Waals surface area contributed by atoms with E-state index in [0.717, 1.165) is 0 Å². The Morgan fingerprint density at radius 2 is 2.00 bits per heavy atom. The zero-order valence-corrected chi connectivity index (χ0v) is 12.9. The largest absolute Gasteiger partial charge is 0.398 e. The minimum absolute atomic E-state index is 0.0367. The Balaban J connectivity index is 2.18. The van der Waals surface area contributed by atoms with Gasteiger partial charge in [-0.05, 0) is 19.8 Å². The summed E-state index contributed by atoms with van der Waals surface area (Å²) in [6, 6.07) is -0.206. The van der Waals surface area contributed by atoms with Crippen molar-refractivity contribution in [1.82, 2.24) is 24.6 Å². The van der Waals surface area contributed by atoms with Gasteiger partial charge in [-0.3, -0.25) is 0 Å². The van der Waals surface area contributed by atoms with Crippen LogP contribution in [0.3, 0.4) is 0 Å². The van der Waals surface area contributed by atoms with Crippen LogP contribution in [0.1, 0.15) is 37.3 Å². The topological polar surface area (TPSA) is 54.3 Å². The molecule has 1 atom stereocenters. The standard InChI is InChI=1S/C13H20F3N5O/c1-4-19(2)12(22)20(3)8-10-17-18-11-9(13(14,15)16)6-5-7-21(10)11/h9H,4-8H2,1-3H3. The first-order valence-corrected chi connectivity index (χ1v) is 7.20. The molecule has 1 aromatic rings. The molecule has 6 nitrogen and oxygen atoms in total. The van der Waals surface area contributed by atoms with E-state index in [1.807, 2.05) is 6.92 Å². The number of carbonyl (C=O) groups excluding carboxylic acids is 1. The van der Waals surface area contributed by atoms with Crippen LogP contribution in [0.25, 0.3) is 0 Å². The van der Waals surface area contributed by atoms with Gasteiger partial charge < -0.3 is 14.4 Å². The molecule has 2 rings (SSSR count). The molecule has 9 heteroatoms. The highest BCUT2D eigenvalue weighted by atomic mass is 19.4. The molecule has 22 heavy (non-hydrogen) atoms. The van der Waals surface area contributed by atoms with Crippen molar-refractivity contribution in [1.29, 1.82) is 0 Å². The van der Waals surface area contributed by atoms with Crippen LogP contribution >= 0.6 is 0 Å². The van der Waals surface area contributed by atoms with Crippen LogP contribution in [0, 0.1) is 0 Å². The lowest BCUT2D eigenvalue weighted by Crippen LogP contribution is -2.39. The highest BCUT2D eigenvalue weighted by Gasteiger charge is 2.45. The Bertz CT molecular complexity index is 542. The van der Waals surface area contributed by atoms with Gasteiger partial charge in [-0.1, -0.05) is 0 Å². The zero-order valence-electron chi connectivity index (χ0n) is 12.9. The van der Waals surface area contributed by atoms with Crippen molar-refractivity contribution in [3.63, 3.8) is 0 Å². The summed E-state index contributed by atoms with van der Waals surface area (Å²) in [4.78, 5) is 15.0. The molecule has 124 valence electrons. The van der Waals surface area contributed by atoms with Crippen LogP contribution in [0.2, 0.25) is 0 Å². The van der Waals surface area contributed by atoms with Crippen molar-refractivity contribution in [3.05, 3.63) is 11.6 Å². The highest BCUT2D eigenvalue weighted by Crippen LogP contribution is 2.40. The van der Waals surface area contributed by atoms with Crippen LogP contribution in [-0.4, -0.2) is 57.4 Å². The molecule has 0 aliphatic carbocycles. The van der Waals surface area contributed by atoms with Gasteiger partial charge in [0.2, 0.25) is 0 Å². The normalized spacial score (nSPS) is 18.0. The number of alkyl halides is 3. The fraction of sp³-hybridized carbons (Fsp3) is 0.769. The SMILES string of the molecule is CCN(C)C(=O)N(C)Cc1nnc2n1CCCC2C(F)(F)F. The molecule has 0 saturated carbocycles. The molecule has 2 amide bonds. The molecule has 0 N–H and O–H groups in total. The Morgan fingerprint density at radius 1 is 1.32 bits per heavy atom. The van der Waals surface area contributed by atoms with Gasteiger partial charge in [0.25, 0.3) is 0 Å². The van der Waals surface area contributed by atoms with E-state index in [4.69, 9.17) is 0 Å². The molecule has 0 saturated heterocycles. The van der Waals surface area contributed by atoms with Crippen molar-refractivity contribution < 1.29 is 18.0 Å². The van der Waals surface area contributed by atoms with Gasteiger partial charge in [0.05, 0.1) is 6.54 Å². The second-order valence-corrected chi connectivity index (χ2v) is 5.52. The number of rotatable bonds is 3. The third-order valence-corrected chi connectivity index (χ3v) is 3.94. The molecular formula is C13H20F3N5O. The van der Waals surface area contributed by atoms with E-state index in [0.29, 0.717) is 25.3 Å². The van der Waals surface area contributed by atoms with E-state index in [1.165, 1.54) is 14.4 Å². The number of hydrogen-bond acceptors (Lipinski definition) is 3. The van der Waals surface area contributed by atoms with Crippen LogP contribution < -0.4 is 0 Å². The minimum Gasteiger partial charge on any atom is -0.328 e. The lowest BCUT2D eigenvalue weighted by atomic mass is 9.98. The van der Waals surface area contributed by atoms with Gasteiger partial charge in [-0.25, -0.2) is 4.79 Å². The molecule has 1 aliphatic heterocycles. The predicted octanol–water partition coefficient (Wildman–Crippen LogP) is 2.22. The molecule has 0 radical (unpaired) electrons. The maximum absolute atomic E-state index is 13.0. The lowest BCUT2D eigenvalue weighted by molar-refractivity contribution is -0.156. The number of aromatic nitrogens is 3. The number of hydrogen-bond donors (Lipinski definition) is 0. The molecule has 1 unspecified atom stereocenters. The number of fused-ring (bicyclic) bond motifs is 1. The number of halogens is 3. The van der Waals surface area contributed by atoms with Crippen LogP contribution in [-0.2, 0) is 13.1 Å². The number of nitrogens with zero attached hydrogens (tertiary/aromatic N) is 5. The lowest BCUT2D eigenvalue weighted by Gasteiger charge is -2.27. The van der Waals surface area contributed by atoms with Gasteiger partial charge in [0, 0.05) is 27.2 Å². The van der Waals surface area contributed by atoms with Gasteiger partial charge in [-0.2, -0.15) is 13.2 Å². The van der Waals surface area contributed by atoms with Gasteiger partial charge in [0.1, 0.15) is 11.7 Å². The minimum atomic E-state index is -4.31. The number of urea groups is 1. The third-order valence-electron chi connectivity index (χ3n) is 3.94. The quantitative estimate of drug-likeness (QED) is 0.858. The fourth-order valence-corrected chi connectivity index (χ4v) is 2.57. The van der Waals surface area contributed by atoms with Crippen LogP contribution in [0.15, 0.2) is 0 Å².